The molecule has 0 aliphatic heterocycles. The zero-order valence-electron chi connectivity index (χ0n) is 17.4. The van der Waals surface area contributed by atoms with E-state index in [1.165, 1.54) is 6.33 Å². The van der Waals surface area contributed by atoms with Gasteiger partial charge in [-0.25, -0.2) is 14.3 Å². The number of benzene rings is 2. The van der Waals surface area contributed by atoms with Crippen LogP contribution in [0.4, 0.5) is 5.95 Å². The molecule has 0 fully saturated rings. The minimum atomic E-state index is -0.427. The number of ether oxygens (including phenoxy) is 1. The SMILES string of the molecule is Cc1ccc(C)c(OCn2ccc(C(=O)Nc3ncn(Cc4c(Cl)cccc4Cl)n3)n2)c1. The van der Waals surface area contributed by atoms with Gasteiger partial charge in [0.1, 0.15) is 12.1 Å². The Kier molecular flexibility index (Phi) is 6.43. The molecule has 8 nitrogen and oxygen atoms in total. The zero-order chi connectivity index (χ0) is 22.7. The summed E-state index contributed by atoms with van der Waals surface area (Å²) < 4.78 is 8.90. The molecule has 4 rings (SSSR count). The number of aryl methyl sites for hydroxylation is 2. The minimum Gasteiger partial charge on any atom is -0.471 e. The average Bonchev–Trinajstić information content (AvgIpc) is 3.41. The number of hydrogen-bond donors (Lipinski definition) is 1. The van der Waals surface area contributed by atoms with Gasteiger partial charge in [-0.15, -0.1) is 5.10 Å². The molecule has 0 unspecified atom stereocenters. The van der Waals surface area contributed by atoms with Crippen LogP contribution in [0, 0.1) is 13.8 Å². The largest absolute Gasteiger partial charge is 0.471 e. The maximum absolute atomic E-state index is 12.5. The number of aromatic nitrogens is 5. The van der Waals surface area contributed by atoms with E-state index in [2.05, 4.69) is 20.5 Å². The van der Waals surface area contributed by atoms with Crippen LogP contribution in [0.25, 0.3) is 0 Å². The number of anilines is 1. The second-order valence-electron chi connectivity index (χ2n) is 7.20. The molecule has 0 aliphatic rings. The van der Waals surface area contributed by atoms with Crippen LogP contribution in [0.5, 0.6) is 5.75 Å². The molecular weight excluding hydrogens is 451 g/mol. The van der Waals surface area contributed by atoms with E-state index >= 15 is 0 Å². The predicted molar refractivity (Wildman–Crippen MR) is 122 cm³/mol. The highest BCUT2D eigenvalue weighted by atomic mass is 35.5. The maximum Gasteiger partial charge on any atom is 0.278 e. The third-order valence-electron chi connectivity index (χ3n) is 4.71. The molecule has 1 amide bonds. The average molecular weight is 471 g/mol. The van der Waals surface area contributed by atoms with E-state index in [1.807, 2.05) is 32.0 Å². The van der Waals surface area contributed by atoms with Gasteiger partial charge >= 0.3 is 0 Å². The molecule has 4 aromatic rings. The van der Waals surface area contributed by atoms with E-state index in [-0.39, 0.29) is 18.4 Å². The van der Waals surface area contributed by atoms with Crippen molar-refractivity contribution in [3.8, 4) is 5.75 Å². The molecule has 1 N–H and O–H groups in total. The maximum atomic E-state index is 12.5. The van der Waals surface area contributed by atoms with Crippen molar-refractivity contribution in [1.29, 1.82) is 0 Å². The van der Waals surface area contributed by atoms with E-state index in [0.29, 0.717) is 16.6 Å². The van der Waals surface area contributed by atoms with Crippen molar-refractivity contribution in [1.82, 2.24) is 24.5 Å². The van der Waals surface area contributed by atoms with Crippen LogP contribution in [-0.2, 0) is 13.3 Å². The number of rotatable bonds is 7. The minimum absolute atomic E-state index is 0.152. The monoisotopic (exact) mass is 470 g/mol. The Labute approximate surface area is 194 Å². The molecule has 32 heavy (non-hydrogen) atoms. The van der Waals surface area contributed by atoms with Crippen molar-refractivity contribution in [2.75, 3.05) is 5.32 Å². The van der Waals surface area contributed by atoms with Gasteiger partial charge in [-0.05, 0) is 49.2 Å². The highest BCUT2D eigenvalue weighted by Crippen LogP contribution is 2.25. The second-order valence-corrected chi connectivity index (χ2v) is 8.02. The fourth-order valence-corrected chi connectivity index (χ4v) is 3.51. The summed E-state index contributed by atoms with van der Waals surface area (Å²) in [5, 5.41) is 12.2. The van der Waals surface area contributed by atoms with Gasteiger partial charge in [-0.2, -0.15) is 5.10 Å². The molecule has 0 radical (unpaired) electrons. The van der Waals surface area contributed by atoms with Gasteiger partial charge in [0.2, 0.25) is 5.95 Å². The molecule has 2 aromatic heterocycles. The lowest BCUT2D eigenvalue weighted by atomic mass is 10.1. The first-order chi connectivity index (χ1) is 15.4. The normalized spacial score (nSPS) is 10.9. The number of hydrogen-bond acceptors (Lipinski definition) is 5. The van der Waals surface area contributed by atoms with Crippen LogP contribution < -0.4 is 10.1 Å². The van der Waals surface area contributed by atoms with Crippen LogP contribution >= 0.6 is 23.2 Å². The van der Waals surface area contributed by atoms with Crippen molar-refractivity contribution < 1.29 is 9.53 Å². The summed E-state index contributed by atoms with van der Waals surface area (Å²) in [6.45, 7) is 4.48. The van der Waals surface area contributed by atoms with Crippen LogP contribution in [0.1, 0.15) is 27.2 Å². The van der Waals surface area contributed by atoms with E-state index in [4.69, 9.17) is 27.9 Å². The lowest BCUT2D eigenvalue weighted by Gasteiger charge is -2.09. The van der Waals surface area contributed by atoms with Gasteiger partial charge in [0.05, 0.1) is 6.54 Å². The Bertz CT molecular complexity index is 1250. The molecule has 0 saturated carbocycles. The van der Waals surface area contributed by atoms with Crippen LogP contribution in [0.2, 0.25) is 10.0 Å². The lowest BCUT2D eigenvalue weighted by molar-refractivity contribution is 0.101. The molecule has 0 aliphatic carbocycles. The highest BCUT2D eigenvalue weighted by molar-refractivity contribution is 6.35. The third kappa shape index (κ3) is 5.09. The molecule has 164 valence electrons. The fourth-order valence-electron chi connectivity index (χ4n) is 2.99. The fraction of sp³-hybridized carbons (Fsp3) is 0.182. The van der Waals surface area contributed by atoms with Gasteiger partial charge in [0.15, 0.2) is 12.4 Å². The number of halogens is 2. The predicted octanol–water partition coefficient (Wildman–Crippen LogP) is 4.74. The quantitative estimate of drug-likeness (QED) is 0.421. The third-order valence-corrected chi connectivity index (χ3v) is 5.42. The molecular formula is C22H20Cl2N6O2. The summed E-state index contributed by atoms with van der Waals surface area (Å²) >= 11 is 12.4. The lowest BCUT2D eigenvalue weighted by Crippen LogP contribution is -2.15. The number of carbonyl (C=O) groups excluding carboxylic acids is 1. The zero-order valence-corrected chi connectivity index (χ0v) is 18.9. The summed E-state index contributed by atoms with van der Waals surface area (Å²) in [6, 6.07) is 12.9. The first-order valence-electron chi connectivity index (χ1n) is 9.76. The van der Waals surface area contributed by atoms with Gasteiger partial charge in [-0.3, -0.25) is 10.1 Å². The topological polar surface area (TPSA) is 86.9 Å². The van der Waals surface area contributed by atoms with E-state index in [1.54, 1.807) is 39.8 Å². The van der Waals surface area contributed by atoms with Crippen molar-refractivity contribution >= 4 is 35.1 Å². The molecule has 0 spiro atoms. The summed E-state index contributed by atoms with van der Waals surface area (Å²) in [7, 11) is 0. The van der Waals surface area contributed by atoms with E-state index in [0.717, 1.165) is 22.4 Å². The Hall–Kier alpha value is -3.36. The van der Waals surface area contributed by atoms with E-state index in [9.17, 15) is 4.79 Å². The van der Waals surface area contributed by atoms with Crippen LogP contribution in [0.15, 0.2) is 55.0 Å². The van der Waals surface area contributed by atoms with Crippen molar-refractivity contribution in [3.63, 3.8) is 0 Å². The summed E-state index contributed by atoms with van der Waals surface area (Å²) in [6.07, 6.45) is 3.16. The van der Waals surface area contributed by atoms with E-state index < -0.39 is 5.91 Å². The first kappa shape index (κ1) is 21.9. The standard InChI is InChI=1S/C22H20Cl2N6O2/c1-14-6-7-15(2)20(10-14)32-13-29-9-8-19(27-29)21(31)26-22-25-12-30(28-22)11-16-17(23)4-3-5-18(16)24/h3-10,12H,11,13H2,1-2H3,(H,26,28,31). The van der Waals surface area contributed by atoms with Crippen LogP contribution in [0.3, 0.4) is 0 Å². The smallest absolute Gasteiger partial charge is 0.278 e. The molecule has 0 saturated heterocycles. The van der Waals surface area contributed by atoms with Crippen LogP contribution in [-0.4, -0.2) is 30.5 Å². The number of carbonyl (C=O) groups is 1. The van der Waals surface area contributed by atoms with Gasteiger partial charge in [0.25, 0.3) is 5.91 Å². The van der Waals surface area contributed by atoms with Crippen molar-refractivity contribution in [2.45, 2.75) is 27.1 Å². The van der Waals surface area contributed by atoms with Gasteiger partial charge in [-0.1, -0.05) is 41.4 Å². The summed E-state index contributed by atoms with van der Waals surface area (Å²) in [5.41, 5.74) is 3.08. The summed E-state index contributed by atoms with van der Waals surface area (Å²) in [4.78, 5) is 16.6. The Morgan fingerprint density at radius 3 is 2.62 bits per heavy atom. The Balaban J connectivity index is 1.37. The van der Waals surface area contributed by atoms with Crippen molar-refractivity contribution in [3.05, 3.63) is 87.4 Å². The molecule has 2 aromatic carbocycles. The molecule has 0 bridgehead atoms. The highest BCUT2D eigenvalue weighted by Gasteiger charge is 2.14. The molecule has 2 heterocycles. The second kappa shape index (κ2) is 9.42. The molecule has 10 heteroatoms. The number of amides is 1. The Morgan fingerprint density at radius 1 is 1.06 bits per heavy atom. The van der Waals surface area contributed by atoms with Gasteiger partial charge in [0, 0.05) is 21.8 Å². The Morgan fingerprint density at radius 2 is 1.84 bits per heavy atom. The van der Waals surface area contributed by atoms with Gasteiger partial charge < -0.3 is 4.74 Å². The molecule has 0 atom stereocenters. The first-order valence-corrected chi connectivity index (χ1v) is 10.5. The number of nitrogens with one attached hydrogen (secondary N) is 1. The van der Waals surface area contributed by atoms with Crippen molar-refractivity contribution in [2.24, 2.45) is 0 Å². The summed E-state index contributed by atoms with van der Waals surface area (Å²) in [5.74, 6) is 0.503. The number of nitrogens with zero attached hydrogens (tertiary/aromatic N) is 5.